The number of aromatic nitrogens is 1. The Bertz CT molecular complexity index is 1390. The first-order valence-electron chi connectivity index (χ1n) is 13.3. The second kappa shape index (κ2) is 14.1. The molecule has 0 saturated carbocycles. The van der Waals surface area contributed by atoms with Crippen LogP contribution in [0.4, 0.5) is 15.9 Å². The zero-order valence-electron chi connectivity index (χ0n) is 24.1. The summed E-state index contributed by atoms with van der Waals surface area (Å²) in [6, 6.07) is 11.2. The van der Waals surface area contributed by atoms with Crippen LogP contribution in [0.15, 0.2) is 61.1 Å². The van der Waals surface area contributed by atoms with Gasteiger partial charge in [-0.05, 0) is 81.3 Å². The summed E-state index contributed by atoms with van der Waals surface area (Å²) in [6.07, 6.45) is 8.36. The van der Waals surface area contributed by atoms with Crippen molar-refractivity contribution in [3.8, 4) is 28.0 Å². The molecule has 1 saturated heterocycles. The van der Waals surface area contributed by atoms with Crippen LogP contribution in [0, 0.1) is 5.82 Å². The summed E-state index contributed by atoms with van der Waals surface area (Å²) < 4.78 is 14.9. The van der Waals surface area contributed by atoms with E-state index in [1.54, 1.807) is 47.8 Å². The third kappa shape index (κ3) is 7.83. The number of carbonyl (C=O) groups excluding carboxylic acids is 2. The molecule has 0 spiro atoms. The second-order valence-corrected chi connectivity index (χ2v) is 10.6. The lowest BCUT2D eigenvalue weighted by molar-refractivity contribution is -0.107. The minimum atomic E-state index is -0.488. The number of aldehydes is 1. The Balaban J connectivity index is 0.00000147. The summed E-state index contributed by atoms with van der Waals surface area (Å²) >= 11 is 6.51. The van der Waals surface area contributed by atoms with E-state index in [1.807, 2.05) is 27.2 Å². The Kier molecular flexibility index (Phi) is 10.9. The van der Waals surface area contributed by atoms with E-state index in [2.05, 4.69) is 22.1 Å². The Morgan fingerprint density at radius 3 is 2.20 bits per heavy atom. The maximum atomic E-state index is 14.9. The van der Waals surface area contributed by atoms with Crippen LogP contribution in [0.25, 0.3) is 22.3 Å². The summed E-state index contributed by atoms with van der Waals surface area (Å²) in [5, 5.41) is 14.9. The van der Waals surface area contributed by atoms with Crippen LogP contribution in [-0.4, -0.2) is 67.5 Å². The molecule has 1 amide bonds. The molecule has 2 heterocycles. The van der Waals surface area contributed by atoms with Crippen LogP contribution in [-0.2, 0) is 9.59 Å². The quantitative estimate of drug-likeness (QED) is 0.330. The van der Waals surface area contributed by atoms with Gasteiger partial charge in [-0.15, -0.1) is 0 Å². The largest absolute Gasteiger partial charge is 0.507 e. The van der Waals surface area contributed by atoms with Gasteiger partial charge in [-0.1, -0.05) is 17.7 Å². The molecule has 1 aliphatic rings. The van der Waals surface area contributed by atoms with Crippen LogP contribution in [0.5, 0.6) is 5.75 Å². The van der Waals surface area contributed by atoms with E-state index in [4.69, 9.17) is 16.4 Å². The molecule has 2 aromatic carbocycles. The summed E-state index contributed by atoms with van der Waals surface area (Å²) in [5.74, 6) is 0.240. The Morgan fingerprint density at radius 2 is 1.66 bits per heavy atom. The number of phenols is 1. The summed E-state index contributed by atoms with van der Waals surface area (Å²) in [5.41, 5.74) is 2.43. The molecule has 41 heavy (non-hydrogen) atoms. The first kappa shape index (κ1) is 31.6. The SMILES string of the molecule is CC=O.CNC1(C)CCN(c2cc(-c3cc(F)cc(-c4ccc(N(C=O)/C=C\N(C)C)c(Cl)c4)c3O)ccn2)CC1. The molecule has 0 unspecified atom stereocenters. The summed E-state index contributed by atoms with van der Waals surface area (Å²) in [7, 11) is 5.67. The van der Waals surface area contributed by atoms with E-state index in [0.717, 1.165) is 38.0 Å². The fourth-order valence-electron chi connectivity index (χ4n) is 4.54. The van der Waals surface area contributed by atoms with Gasteiger partial charge in [-0.2, -0.15) is 0 Å². The van der Waals surface area contributed by atoms with Gasteiger partial charge in [-0.3, -0.25) is 9.69 Å². The maximum absolute atomic E-state index is 14.9. The normalized spacial score (nSPS) is 14.3. The zero-order chi connectivity index (χ0) is 30.2. The third-order valence-electron chi connectivity index (χ3n) is 7.10. The number of carbonyl (C=O) groups is 2. The van der Waals surface area contributed by atoms with Gasteiger partial charge in [0.25, 0.3) is 0 Å². The molecule has 0 bridgehead atoms. The standard InChI is InChI=1S/C29H33ClFN5O2.C2H4O/c1-29(32-2)8-11-35(12-9-29)27-16-21(7-10-33-27)24-18-22(31)17-23(28(24)38)20-5-6-26(25(30)15-20)36(19-37)14-13-34(3)4;1-2-3/h5-7,10,13-19,32,38H,8-9,11-12H2,1-4H3;2H,1H3/b14-13-;. The maximum Gasteiger partial charge on any atom is 0.218 e. The molecule has 0 radical (unpaired) electrons. The number of anilines is 2. The van der Waals surface area contributed by atoms with E-state index >= 15 is 0 Å². The molecule has 1 aromatic heterocycles. The Labute approximate surface area is 246 Å². The van der Waals surface area contributed by atoms with Gasteiger partial charge >= 0.3 is 0 Å². The van der Waals surface area contributed by atoms with Crippen molar-refractivity contribution in [3.05, 3.63) is 71.9 Å². The molecular weight excluding hydrogens is 545 g/mol. The first-order chi connectivity index (χ1) is 19.5. The number of halogens is 2. The number of nitrogens with zero attached hydrogens (tertiary/aromatic N) is 4. The van der Waals surface area contributed by atoms with Crippen molar-refractivity contribution >= 4 is 35.8 Å². The number of rotatable bonds is 8. The number of nitrogens with one attached hydrogen (secondary N) is 1. The van der Waals surface area contributed by atoms with Crippen LogP contribution in [0.1, 0.15) is 26.7 Å². The fraction of sp³-hybridized carbons (Fsp3) is 0.323. The highest BCUT2D eigenvalue weighted by molar-refractivity contribution is 6.34. The van der Waals surface area contributed by atoms with E-state index in [-0.39, 0.29) is 16.3 Å². The molecule has 3 aromatic rings. The van der Waals surface area contributed by atoms with Crippen molar-refractivity contribution in [2.24, 2.45) is 0 Å². The smallest absolute Gasteiger partial charge is 0.218 e. The molecule has 1 fully saturated rings. The highest BCUT2D eigenvalue weighted by Crippen LogP contribution is 2.41. The number of piperidine rings is 1. The van der Waals surface area contributed by atoms with Gasteiger partial charge < -0.3 is 25.0 Å². The molecule has 2 N–H and O–H groups in total. The predicted molar refractivity (Wildman–Crippen MR) is 164 cm³/mol. The molecule has 10 heteroatoms. The van der Waals surface area contributed by atoms with Crippen molar-refractivity contribution in [3.63, 3.8) is 0 Å². The van der Waals surface area contributed by atoms with Crippen molar-refractivity contribution in [2.45, 2.75) is 32.2 Å². The monoisotopic (exact) mass is 581 g/mol. The average molecular weight is 582 g/mol. The first-order valence-corrected chi connectivity index (χ1v) is 13.6. The molecule has 218 valence electrons. The van der Waals surface area contributed by atoms with Gasteiger partial charge in [0.05, 0.1) is 10.7 Å². The van der Waals surface area contributed by atoms with Gasteiger partial charge in [0, 0.05) is 62.4 Å². The van der Waals surface area contributed by atoms with Crippen LogP contribution >= 0.6 is 11.6 Å². The van der Waals surface area contributed by atoms with Gasteiger partial charge in [0.15, 0.2) is 0 Å². The van der Waals surface area contributed by atoms with Crippen molar-refractivity contribution < 1.29 is 19.1 Å². The van der Waals surface area contributed by atoms with Crippen molar-refractivity contribution in [1.82, 2.24) is 15.2 Å². The number of benzene rings is 2. The van der Waals surface area contributed by atoms with Crippen molar-refractivity contribution in [2.75, 3.05) is 44.0 Å². The topological polar surface area (TPSA) is 89.0 Å². The van der Waals surface area contributed by atoms with E-state index in [1.165, 1.54) is 24.0 Å². The predicted octanol–water partition coefficient (Wildman–Crippen LogP) is 5.69. The van der Waals surface area contributed by atoms with Crippen LogP contribution in [0.2, 0.25) is 5.02 Å². The highest BCUT2D eigenvalue weighted by atomic mass is 35.5. The Morgan fingerprint density at radius 1 is 1.05 bits per heavy atom. The number of aromatic hydroxyl groups is 1. The summed E-state index contributed by atoms with van der Waals surface area (Å²) in [6.45, 7) is 5.36. The lowest BCUT2D eigenvalue weighted by Gasteiger charge is -2.39. The van der Waals surface area contributed by atoms with Crippen LogP contribution in [0.3, 0.4) is 0 Å². The van der Waals surface area contributed by atoms with Crippen LogP contribution < -0.4 is 15.1 Å². The fourth-order valence-corrected chi connectivity index (χ4v) is 4.82. The molecular formula is C31H37ClFN5O3. The lowest BCUT2D eigenvalue weighted by atomic mass is 9.90. The van der Waals surface area contributed by atoms with Gasteiger partial charge in [-0.25, -0.2) is 9.37 Å². The third-order valence-corrected chi connectivity index (χ3v) is 7.40. The van der Waals surface area contributed by atoms with Gasteiger partial charge in [0.1, 0.15) is 23.7 Å². The summed E-state index contributed by atoms with van der Waals surface area (Å²) in [4.78, 5) is 30.3. The minimum absolute atomic E-state index is 0.0616. The molecule has 0 aliphatic carbocycles. The van der Waals surface area contributed by atoms with Gasteiger partial charge in [0.2, 0.25) is 6.41 Å². The number of hydrogen-bond donors (Lipinski definition) is 2. The Hall–Kier alpha value is -3.95. The van der Waals surface area contributed by atoms with E-state index in [9.17, 15) is 14.3 Å². The number of amides is 1. The molecule has 0 atom stereocenters. The molecule has 1 aliphatic heterocycles. The number of pyridine rings is 1. The lowest BCUT2D eigenvalue weighted by Crippen LogP contribution is -2.50. The minimum Gasteiger partial charge on any atom is -0.507 e. The second-order valence-electron chi connectivity index (χ2n) is 10.2. The average Bonchev–Trinajstić information content (AvgIpc) is 2.96. The van der Waals surface area contributed by atoms with Crippen molar-refractivity contribution in [1.29, 1.82) is 0 Å². The highest BCUT2D eigenvalue weighted by Gasteiger charge is 2.29. The number of phenolic OH excluding ortho intramolecular Hbond substituents is 1. The van der Waals surface area contributed by atoms with E-state index < -0.39 is 5.82 Å². The zero-order valence-corrected chi connectivity index (χ0v) is 24.8. The van der Waals surface area contributed by atoms with E-state index in [0.29, 0.717) is 34.4 Å². The molecule has 8 nitrogen and oxygen atoms in total. The number of hydrogen-bond acceptors (Lipinski definition) is 7. The molecule has 4 rings (SSSR count).